The molecule has 9 heteroatoms. The van der Waals surface area contributed by atoms with Crippen LogP contribution >= 0.6 is 11.3 Å². The normalized spacial score (nSPS) is 12.0. The van der Waals surface area contributed by atoms with Gasteiger partial charge >= 0.3 is 0 Å². The maximum atomic E-state index is 11.1. The molecule has 1 aromatic carbocycles. The Morgan fingerprint density at radius 1 is 1.28 bits per heavy atom. The van der Waals surface area contributed by atoms with Gasteiger partial charge in [-0.05, 0) is 62.1 Å². The van der Waals surface area contributed by atoms with Crippen molar-refractivity contribution in [3.63, 3.8) is 0 Å². The number of aliphatic hydroxyl groups excluding tert-OH is 2. The number of amides is 1. The van der Waals surface area contributed by atoms with Crippen LogP contribution in [0.4, 0.5) is 0 Å². The molecule has 0 unspecified atom stereocenters. The fraction of sp³-hybridized carbons (Fsp3) is 0.435. The van der Waals surface area contributed by atoms with Crippen molar-refractivity contribution in [2.24, 2.45) is 0 Å². The van der Waals surface area contributed by atoms with E-state index in [1.165, 1.54) is 4.88 Å². The van der Waals surface area contributed by atoms with Gasteiger partial charge in [-0.2, -0.15) is 4.98 Å². The lowest BCUT2D eigenvalue weighted by Gasteiger charge is -2.16. The predicted molar refractivity (Wildman–Crippen MR) is 123 cm³/mol. The number of carbonyl (C=O) groups excluding carboxylic acids is 1. The average molecular weight is 460 g/mol. The molecule has 8 nitrogen and oxygen atoms in total. The lowest BCUT2D eigenvalue weighted by atomic mass is 10.1. The van der Waals surface area contributed by atoms with Crippen molar-refractivity contribution in [2.45, 2.75) is 46.1 Å². The molecule has 3 N–H and O–H groups in total. The van der Waals surface area contributed by atoms with Crippen LogP contribution < -0.4 is 10.1 Å². The van der Waals surface area contributed by atoms with Crippen LogP contribution in [0.5, 0.6) is 5.75 Å². The number of rotatable bonds is 11. The Bertz CT molecular complexity index is 1020. The number of benzene rings is 1. The molecule has 0 aliphatic carbocycles. The quantitative estimate of drug-likeness (QED) is 0.403. The van der Waals surface area contributed by atoms with Crippen LogP contribution in [0.15, 0.2) is 28.8 Å². The maximum absolute atomic E-state index is 11.1. The molecule has 0 fully saturated rings. The Balaban J connectivity index is 1.67. The summed E-state index contributed by atoms with van der Waals surface area (Å²) in [4.78, 5) is 17.9. The minimum atomic E-state index is -0.892. The van der Waals surface area contributed by atoms with Crippen LogP contribution in [-0.4, -0.2) is 52.1 Å². The third-order valence-electron chi connectivity index (χ3n) is 4.89. The first-order valence-corrected chi connectivity index (χ1v) is 11.5. The summed E-state index contributed by atoms with van der Waals surface area (Å²) in [5, 5.41) is 25.2. The van der Waals surface area contributed by atoms with Gasteiger partial charge in [0.25, 0.3) is 5.89 Å². The van der Waals surface area contributed by atoms with E-state index in [2.05, 4.69) is 28.4 Å². The molecular formula is C23H29N3O5S. The smallest absolute Gasteiger partial charge is 0.268 e. The number of hydrogen-bond donors (Lipinski definition) is 3. The molecule has 1 amide bonds. The number of nitrogens with zero attached hydrogens (tertiary/aromatic N) is 2. The molecule has 0 aliphatic heterocycles. The standard InChI is InChI=1S/C23H29N3O5S/c1-4-5-6-18-7-8-19(32-18)23-25-22(26-31-23)16-9-14(2)21(15(3)10-16)30-13-17(28)11-24-20(29)12-27/h7-10,17,27-28H,4-6,11-13H2,1-3H3,(H,24,29)/t17-/m0/s1. The van der Waals surface area contributed by atoms with Crippen LogP contribution in [0, 0.1) is 13.8 Å². The van der Waals surface area contributed by atoms with Gasteiger partial charge in [-0.1, -0.05) is 18.5 Å². The second-order valence-corrected chi connectivity index (χ2v) is 8.83. The molecular weight excluding hydrogens is 430 g/mol. The summed E-state index contributed by atoms with van der Waals surface area (Å²) < 4.78 is 11.3. The van der Waals surface area contributed by atoms with Gasteiger partial charge in [0.05, 0.1) is 4.88 Å². The zero-order chi connectivity index (χ0) is 23.1. The second-order valence-electron chi connectivity index (χ2n) is 7.66. The van der Waals surface area contributed by atoms with Crippen molar-refractivity contribution in [1.82, 2.24) is 15.5 Å². The first-order chi connectivity index (χ1) is 15.4. The Hall–Kier alpha value is -2.75. The van der Waals surface area contributed by atoms with Gasteiger partial charge in [-0.3, -0.25) is 4.79 Å². The van der Waals surface area contributed by atoms with E-state index in [1.54, 1.807) is 11.3 Å². The molecule has 0 aliphatic rings. The Morgan fingerprint density at radius 2 is 2.03 bits per heavy atom. The molecule has 0 spiro atoms. The fourth-order valence-corrected chi connectivity index (χ4v) is 4.22. The molecule has 1 atom stereocenters. The molecule has 0 radical (unpaired) electrons. The minimum Gasteiger partial charge on any atom is -0.490 e. The summed E-state index contributed by atoms with van der Waals surface area (Å²) in [7, 11) is 0. The third-order valence-corrected chi connectivity index (χ3v) is 6.03. The SMILES string of the molecule is CCCCc1ccc(-c2nc(-c3cc(C)c(OC[C@@H](O)CNC(=O)CO)c(C)c3)no2)s1. The Labute approximate surface area is 191 Å². The van der Waals surface area contributed by atoms with Gasteiger partial charge in [-0.25, -0.2) is 0 Å². The lowest BCUT2D eigenvalue weighted by molar-refractivity contribution is -0.124. The second kappa shape index (κ2) is 11.2. The molecule has 2 heterocycles. The largest absolute Gasteiger partial charge is 0.490 e. The number of unbranched alkanes of at least 4 members (excludes halogenated alkanes) is 1. The van der Waals surface area contributed by atoms with Crippen molar-refractivity contribution < 1.29 is 24.3 Å². The van der Waals surface area contributed by atoms with Crippen molar-refractivity contribution in [1.29, 1.82) is 0 Å². The molecule has 3 rings (SSSR count). The highest BCUT2D eigenvalue weighted by Gasteiger charge is 2.16. The zero-order valence-corrected chi connectivity index (χ0v) is 19.4. The summed E-state index contributed by atoms with van der Waals surface area (Å²) in [6.07, 6.45) is 2.49. The molecule has 2 aromatic heterocycles. The summed E-state index contributed by atoms with van der Waals surface area (Å²) in [6.45, 7) is 5.40. The average Bonchev–Trinajstić information content (AvgIpc) is 3.45. The van der Waals surface area contributed by atoms with Crippen molar-refractivity contribution in [3.8, 4) is 27.9 Å². The number of hydrogen-bond acceptors (Lipinski definition) is 8. The van der Waals surface area contributed by atoms with Crippen LogP contribution in [0.2, 0.25) is 0 Å². The number of ether oxygens (including phenoxy) is 1. The van der Waals surface area contributed by atoms with E-state index in [1.807, 2.05) is 32.0 Å². The highest BCUT2D eigenvalue weighted by Crippen LogP contribution is 2.32. The number of aromatic nitrogens is 2. The summed E-state index contributed by atoms with van der Waals surface area (Å²) in [5.41, 5.74) is 2.56. The molecule has 172 valence electrons. The summed E-state index contributed by atoms with van der Waals surface area (Å²) in [5.74, 6) is 1.13. The van der Waals surface area contributed by atoms with Crippen LogP contribution in [-0.2, 0) is 11.2 Å². The number of aryl methyl sites for hydroxylation is 3. The lowest BCUT2D eigenvalue weighted by Crippen LogP contribution is -2.36. The van der Waals surface area contributed by atoms with E-state index in [9.17, 15) is 9.90 Å². The summed E-state index contributed by atoms with van der Waals surface area (Å²) in [6, 6.07) is 7.97. The Kier molecular flexibility index (Phi) is 8.38. The first-order valence-electron chi connectivity index (χ1n) is 10.6. The molecule has 3 aromatic rings. The molecule has 0 bridgehead atoms. The molecule has 0 saturated carbocycles. The third kappa shape index (κ3) is 6.15. The molecule has 0 saturated heterocycles. The van der Waals surface area contributed by atoms with Gasteiger partial charge < -0.3 is 24.8 Å². The van der Waals surface area contributed by atoms with Gasteiger partial charge in [0.15, 0.2) is 0 Å². The van der Waals surface area contributed by atoms with Gasteiger partial charge in [0.2, 0.25) is 11.7 Å². The van der Waals surface area contributed by atoms with Crippen molar-refractivity contribution >= 4 is 17.2 Å². The van der Waals surface area contributed by atoms with E-state index in [0.717, 1.165) is 40.8 Å². The van der Waals surface area contributed by atoms with E-state index >= 15 is 0 Å². The van der Waals surface area contributed by atoms with Crippen LogP contribution in [0.3, 0.4) is 0 Å². The van der Waals surface area contributed by atoms with Crippen LogP contribution in [0.1, 0.15) is 35.8 Å². The highest BCUT2D eigenvalue weighted by molar-refractivity contribution is 7.15. The van der Waals surface area contributed by atoms with Gasteiger partial charge in [-0.15, -0.1) is 11.3 Å². The van der Waals surface area contributed by atoms with Crippen LogP contribution in [0.25, 0.3) is 22.2 Å². The van der Waals surface area contributed by atoms with Gasteiger partial charge in [0.1, 0.15) is 25.1 Å². The van der Waals surface area contributed by atoms with E-state index in [0.29, 0.717) is 17.5 Å². The van der Waals surface area contributed by atoms with E-state index in [-0.39, 0.29) is 13.2 Å². The van der Waals surface area contributed by atoms with Gasteiger partial charge in [0, 0.05) is 17.0 Å². The van der Waals surface area contributed by atoms with E-state index < -0.39 is 18.6 Å². The zero-order valence-electron chi connectivity index (χ0n) is 18.6. The maximum Gasteiger partial charge on any atom is 0.268 e. The van der Waals surface area contributed by atoms with E-state index in [4.69, 9.17) is 14.4 Å². The number of thiophene rings is 1. The van der Waals surface area contributed by atoms with Crippen molar-refractivity contribution in [3.05, 3.63) is 40.3 Å². The Morgan fingerprint density at radius 3 is 2.72 bits per heavy atom. The number of nitrogens with one attached hydrogen (secondary N) is 1. The highest BCUT2D eigenvalue weighted by atomic mass is 32.1. The number of aliphatic hydroxyl groups is 2. The minimum absolute atomic E-state index is 0.00405. The fourth-order valence-electron chi connectivity index (χ4n) is 3.25. The number of carbonyl (C=O) groups is 1. The molecule has 32 heavy (non-hydrogen) atoms. The monoisotopic (exact) mass is 459 g/mol. The first kappa shape index (κ1) is 23.9. The predicted octanol–water partition coefficient (Wildman–Crippen LogP) is 3.27. The summed E-state index contributed by atoms with van der Waals surface area (Å²) >= 11 is 1.68. The topological polar surface area (TPSA) is 118 Å². The van der Waals surface area contributed by atoms with Crippen molar-refractivity contribution in [2.75, 3.05) is 19.8 Å².